The quantitative estimate of drug-likeness (QED) is 0.928. The lowest BCUT2D eigenvalue weighted by molar-refractivity contribution is 0.107. The monoisotopic (exact) mass is 292 g/mol. The highest BCUT2D eigenvalue weighted by molar-refractivity contribution is 5.24. The van der Waals surface area contributed by atoms with Gasteiger partial charge in [0.25, 0.3) is 0 Å². The third-order valence-electron chi connectivity index (χ3n) is 4.78. The van der Waals surface area contributed by atoms with Crippen molar-refractivity contribution in [3.05, 3.63) is 17.5 Å². The molecule has 1 aromatic rings. The maximum Gasteiger partial charge on any atom is 0.0722 e. The van der Waals surface area contributed by atoms with Gasteiger partial charge in [-0.3, -0.25) is 9.58 Å². The summed E-state index contributed by atoms with van der Waals surface area (Å²) in [7, 11) is 2.02. The molecule has 1 aromatic heterocycles. The number of hydrogen-bond donors (Lipinski definition) is 1. The maximum atomic E-state index is 6.03. The number of piperidine rings is 1. The number of rotatable bonds is 4. The summed E-state index contributed by atoms with van der Waals surface area (Å²) in [6.07, 6.45) is 6.01. The van der Waals surface area contributed by atoms with Crippen LogP contribution in [0.3, 0.4) is 0 Å². The fourth-order valence-electron chi connectivity index (χ4n) is 3.51. The lowest BCUT2D eigenvalue weighted by Gasteiger charge is -2.39. The van der Waals surface area contributed by atoms with Crippen molar-refractivity contribution in [2.75, 3.05) is 13.1 Å². The minimum atomic E-state index is 0.0938. The summed E-state index contributed by atoms with van der Waals surface area (Å²) >= 11 is 0. The van der Waals surface area contributed by atoms with Crippen molar-refractivity contribution in [1.29, 1.82) is 0 Å². The van der Waals surface area contributed by atoms with E-state index < -0.39 is 0 Å². The minimum Gasteiger partial charge on any atom is -0.329 e. The largest absolute Gasteiger partial charge is 0.329 e. The molecule has 1 aliphatic heterocycles. The van der Waals surface area contributed by atoms with E-state index in [-0.39, 0.29) is 5.41 Å². The summed E-state index contributed by atoms with van der Waals surface area (Å²) in [4.78, 5) is 2.57. The van der Waals surface area contributed by atoms with Crippen molar-refractivity contribution >= 4 is 0 Å². The van der Waals surface area contributed by atoms with E-state index in [0.29, 0.717) is 6.04 Å². The lowest BCUT2D eigenvalue weighted by Crippen LogP contribution is -2.46. The van der Waals surface area contributed by atoms with Gasteiger partial charge in [0.05, 0.1) is 5.69 Å². The van der Waals surface area contributed by atoms with Crippen LogP contribution in [0.4, 0.5) is 0 Å². The number of likely N-dealkylation sites (tertiary alicyclic amines) is 1. The lowest BCUT2D eigenvalue weighted by atomic mass is 9.87. The molecule has 120 valence electrons. The van der Waals surface area contributed by atoms with Crippen LogP contribution in [0.15, 0.2) is 6.20 Å². The zero-order valence-electron chi connectivity index (χ0n) is 14.4. The second kappa shape index (κ2) is 6.49. The Bertz CT molecular complexity index is 458. The molecule has 0 saturated carbocycles. The second-order valence-electron chi connectivity index (χ2n) is 7.59. The first-order valence-corrected chi connectivity index (χ1v) is 8.32. The van der Waals surface area contributed by atoms with Crippen LogP contribution in [0.1, 0.15) is 58.2 Å². The number of hydrogen-bond acceptors (Lipinski definition) is 3. The topological polar surface area (TPSA) is 47.1 Å². The zero-order valence-corrected chi connectivity index (χ0v) is 14.4. The molecule has 0 aromatic carbocycles. The van der Waals surface area contributed by atoms with E-state index in [4.69, 9.17) is 5.73 Å². The van der Waals surface area contributed by atoms with Gasteiger partial charge in [-0.25, -0.2) is 0 Å². The molecule has 2 rings (SSSR count). The van der Waals surface area contributed by atoms with E-state index >= 15 is 0 Å². The van der Waals surface area contributed by atoms with E-state index in [0.717, 1.165) is 19.0 Å². The average molecular weight is 292 g/mol. The molecule has 4 nitrogen and oxygen atoms in total. The van der Waals surface area contributed by atoms with Crippen LogP contribution in [0.25, 0.3) is 0 Å². The van der Waals surface area contributed by atoms with Crippen LogP contribution in [-0.4, -0.2) is 33.8 Å². The predicted octanol–water partition coefficient (Wildman–Crippen LogP) is 2.67. The Labute approximate surface area is 129 Å². The summed E-state index contributed by atoms with van der Waals surface area (Å²) in [5, 5.41) is 4.69. The molecule has 1 saturated heterocycles. The Morgan fingerprint density at radius 1 is 1.38 bits per heavy atom. The number of nitrogens with two attached hydrogens (primary N) is 1. The number of aromatic nitrogens is 2. The summed E-state index contributed by atoms with van der Waals surface area (Å²) < 4.78 is 1.95. The van der Waals surface area contributed by atoms with E-state index in [1.54, 1.807) is 0 Å². The van der Waals surface area contributed by atoms with Gasteiger partial charge in [-0.05, 0) is 25.3 Å². The van der Waals surface area contributed by atoms with E-state index in [9.17, 15) is 0 Å². The average Bonchev–Trinajstić information content (AvgIpc) is 2.80. The van der Waals surface area contributed by atoms with Crippen LogP contribution in [0.5, 0.6) is 0 Å². The van der Waals surface area contributed by atoms with Crippen molar-refractivity contribution < 1.29 is 0 Å². The van der Waals surface area contributed by atoms with E-state index in [1.165, 1.54) is 37.1 Å². The van der Waals surface area contributed by atoms with Gasteiger partial charge in [-0.2, -0.15) is 5.10 Å². The molecular formula is C17H32N4. The van der Waals surface area contributed by atoms with Crippen molar-refractivity contribution in [2.24, 2.45) is 18.7 Å². The SMILES string of the molecule is CCC1CCN(Cc2cn(C)nc2C(C)(C)C)C(CN)C1. The first kappa shape index (κ1) is 16.5. The molecule has 2 N–H and O–H groups in total. The Balaban J connectivity index is 2.14. The standard InChI is InChI=1S/C17H32N4/c1-6-13-7-8-21(15(9-13)10-18)12-14-11-20(5)19-16(14)17(2,3)4/h11,13,15H,6-10,12,18H2,1-5H3. The van der Waals surface area contributed by atoms with Gasteiger partial charge in [-0.15, -0.1) is 0 Å². The normalized spacial score (nSPS) is 24.5. The summed E-state index contributed by atoms with van der Waals surface area (Å²) in [5.41, 5.74) is 8.70. The molecule has 0 aliphatic carbocycles. The van der Waals surface area contributed by atoms with Gasteiger partial charge in [0.2, 0.25) is 0 Å². The molecule has 0 bridgehead atoms. The van der Waals surface area contributed by atoms with Crippen molar-refractivity contribution in [1.82, 2.24) is 14.7 Å². The summed E-state index contributed by atoms with van der Waals surface area (Å²) in [6, 6.07) is 0.525. The smallest absolute Gasteiger partial charge is 0.0722 e. The molecule has 0 amide bonds. The van der Waals surface area contributed by atoms with Crippen molar-refractivity contribution in [3.8, 4) is 0 Å². The molecule has 2 unspecified atom stereocenters. The second-order valence-corrected chi connectivity index (χ2v) is 7.59. The predicted molar refractivity (Wildman–Crippen MR) is 88.2 cm³/mol. The van der Waals surface area contributed by atoms with Gasteiger partial charge in [0, 0.05) is 43.4 Å². The van der Waals surface area contributed by atoms with Crippen LogP contribution in [0.2, 0.25) is 0 Å². The molecule has 2 heterocycles. The molecule has 2 atom stereocenters. The van der Waals surface area contributed by atoms with E-state index in [2.05, 4.69) is 43.9 Å². The van der Waals surface area contributed by atoms with E-state index in [1.807, 2.05) is 11.7 Å². The molecular weight excluding hydrogens is 260 g/mol. The number of aryl methyl sites for hydroxylation is 1. The first-order chi connectivity index (χ1) is 9.85. The summed E-state index contributed by atoms with van der Waals surface area (Å²) in [6.45, 7) is 11.9. The summed E-state index contributed by atoms with van der Waals surface area (Å²) in [5.74, 6) is 0.853. The molecule has 1 fully saturated rings. The minimum absolute atomic E-state index is 0.0938. The van der Waals surface area contributed by atoms with Gasteiger partial charge < -0.3 is 5.73 Å². The molecule has 0 spiro atoms. The highest BCUT2D eigenvalue weighted by atomic mass is 15.3. The molecule has 0 radical (unpaired) electrons. The molecule has 21 heavy (non-hydrogen) atoms. The number of nitrogens with zero attached hydrogens (tertiary/aromatic N) is 3. The van der Waals surface area contributed by atoms with Crippen LogP contribution < -0.4 is 5.73 Å². The van der Waals surface area contributed by atoms with Crippen LogP contribution >= 0.6 is 0 Å². The first-order valence-electron chi connectivity index (χ1n) is 8.32. The Morgan fingerprint density at radius 3 is 2.67 bits per heavy atom. The van der Waals surface area contributed by atoms with Gasteiger partial charge in [-0.1, -0.05) is 34.1 Å². The van der Waals surface area contributed by atoms with Gasteiger partial charge in [0.15, 0.2) is 0 Å². The third-order valence-corrected chi connectivity index (χ3v) is 4.78. The fraction of sp³-hybridized carbons (Fsp3) is 0.824. The molecule has 1 aliphatic rings. The Kier molecular flexibility index (Phi) is 5.10. The Morgan fingerprint density at radius 2 is 2.10 bits per heavy atom. The van der Waals surface area contributed by atoms with Crippen molar-refractivity contribution in [3.63, 3.8) is 0 Å². The fourth-order valence-corrected chi connectivity index (χ4v) is 3.51. The maximum absolute atomic E-state index is 6.03. The Hall–Kier alpha value is -0.870. The van der Waals surface area contributed by atoms with Crippen LogP contribution in [-0.2, 0) is 19.0 Å². The third kappa shape index (κ3) is 3.86. The van der Waals surface area contributed by atoms with Gasteiger partial charge in [0.1, 0.15) is 0 Å². The van der Waals surface area contributed by atoms with Crippen LogP contribution in [0, 0.1) is 5.92 Å². The molecule has 4 heteroatoms. The van der Waals surface area contributed by atoms with Crippen molar-refractivity contribution in [2.45, 2.75) is 65.0 Å². The zero-order chi connectivity index (χ0) is 15.6. The highest BCUT2D eigenvalue weighted by Crippen LogP contribution is 2.29. The van der Waals surface area contributed by atoms with Gasteiger partial charge >= 0.3 is 0 Å². The highest BCUT2D eigenvalue weighted by Gasteiger charge is 2.29.